The fourth-order valence-corrected chi connectivity index (χ4v) is 1.92. The Morgan fingerprint density at radius 3 is 3.00 bits per heavy atom. The number of hydrogen-bond acceptors (Lipinski definition) is 2. The van der Waals surface area contributed by atoms with Crippen molar-refractivity contribution < 1.29 is 4.74 Å². The second-order valence-corrected chi connectivity index (χ2v) is 4.15. The predicted molar refractivity (Wildman–Crippen MR) is 57.6 cm³/mol. The van der Waals surface area contributed by atoms with Crippen molar-refractivity contribution in [1.82, 2.24) is 5.32 Å². The van der Waals surface area contributed by atoms with Gasteiger partial charge in [0.15, 0.2) is 0 Å². The van der Waals surface area contributed by atoms with Crippen LogP contribution in [0.25, 0.3) is 0 Å². The molecular weight excluding hydrogens is 198 g/mol. The van der Waals surface area contributed by atoms with E-state index in [4.69, 9.17) is 16.3 Å². The van der Waals surface area contributed by atoms with Gasteiger partial charge in [0.05, 0.1) is 19.3 Å². The van der Waals surface area contributed by atoms with E-state index in [1.807, 2.05) is 18.2 Å². The monoisotopic (exact) mass is 211 g/mol. The van der Waals surface area contributed by atoms with E-state index in [1.165, 1.54) is 5.56 Å². The topological polar surface area (TPSA) is 21.3 Å². The third-order valence-corrected chi connectivity index (χ3v) is 2.62. The largest absolute Gasteiger partial charge is 0.378 e. The number of benzene rings is 1. The first-order chi connectivity index (χ1) is 6.75. The molecule has 1 aromatic carbocycles. The molecule has 2 unspecified atom stereocenters. The number of halogens is 1. The number of rotatable bonds is 1. The number of ether oxygens (including phenoxy) is 1. The van der Waals surface area contributed by atoms with Crippen molar-refractivity contribution in [1.29, 1.82) is 0 Å². The number of morpholine rings is 1. The van der Waals surface area contributed by atoms with Crippen LogP contribution in [0.15, 0.2) is 24.3 Å². The minimum Gasteiger partial charge on any atom is -0.378 e. The fourth-order valence-electron chi connectivity index (χ4n) is 1.72. The molecule has 1 saturated heterocycles. The standard InChI is InChI=1S/C11H14ClNO/c1-8-6-14-7-11(13-8)9-3-2-4-10(12)5-9/h2-5,8,11,13H,6-7H2,1H3. The van der Waals surface area contributed by atoms with Gasteiger partial charge in [-0.05, 0) is 24.6 Å². The lowest BCUT2D eigenvalue weighted by Crippen LogP contribution is -2.41. The summed E-state index contributed by atoms with van der Waals surface area (Å²) in [5.41, 5.74) is 1.20. The lowest BCUT2D eigenvalue weighted by molar-refractivity contribution is 0.0504. The second kappa shape index (κ2) is 4.30. The maximum atomic E-state index is 5.93. The Morgan fingerprint density at radius 2 is 2.29 bits per heavy atom. The van der Waals surface area contributed by atoms with E-state index in [2.05, 4.69) is 18.3 Å². The lowest BCUT2D eigenvalue weighted by Gasteiger charge is -2.29. The van der Waals surface area contributed by atoms with E-state index in [-0.39, 0.29) is 6.04 Å². The van der Waals surface area contributed by atoms with Crippen LogP contribution in [0, 0.1) is 0 Å². The second-order valence-electron chi connectivity index (χ2n) is 3.71. The molecule has 2 nitrogen and oxygen atoms in total. The molecule has 1 fully saturated rings. The van der Waals surface area contributed by atoms with Crippen molar-refractivity contribution in [2.24, 2.45) is 0 Å². The van der Waals surface area contributed by atoms with Gasteiger partial charge in [-0.15, -0.1) is 0 Å². The third-order valence-electron chi connectivity index (χ3n) is 2.39. The van der Waals surface area contributed by atoms with Gasteiger partial charge in [-0.25, -0.2) is 0 Å². The molecule has 0 aromatic heterocycles. The van der Waals surface area contributed by atoms with Gasteiger partial charge >= 0.3 is 0 Å². The summed E-state index contributed by atoms with van der Waals surface area (Å²) >= 11 is 5.93. The highest BCUT2D eigenvalue weighted by Crippen LogP contribution is 2.20. The Balaban J connectivity index is 2.14. The summed E-state index contributed by atoms with van der Waals surface area (Å²) in [7, 11) is 0. The highest BCUT2D eigenvalue weighted by atomic mass is 35.5. The summed E-state index contributed by atoms with van der Waals surface area (Å²) in [6.07, 6.45) is 0. The Bertz CT molecular complexity index is 316. The molecular formula is C11H14ClNO. The van der Waals surface area contributed by atoms with E-state index in [1.54, 1.807) is 0 Å². The molecule has 1 heterocycles. The van der Waals surface area contributed by atoms with E-state index >= 15 is 0 Å². The first kappa shape index (κ1) is 9.97. The van der Waals surface area contributed by atoms with E-state index in [9.17, 15) is 0 Å². The molecule has 1 aromatic rings. The molecule has 2 atom stereocenters. The van der Waals surface area contributed by atoms with Crippen molar-refractivity contribution in [3.05, 3.63) is 34.9 Å². The Morgan fingerprint density at radius 1 is 1.43 bits per heavy atom. The molecule has 0 aliphatic carbocycles. The van der Waals surface area contributed by atoms with E-state index in [0.29, 0.717) is 6.04 Å². The van der Waals surface area contributed by atoms with E-state index in [0.717, 1.165) is 18.2 Å². The zero-order valence-corrected chi connectivity index (χ0v) is 8.92. The molecule has 76 valence electrons. The molecule has 0 spiro atoms. The highest BCUT2D eigenvalue weighted by Gasteiger charge is 2.19. The Labute approximate surface area is 89.2 Å². The molecule has 0 radical (unpaired) electrons. The molecule has 14 heavy (non-hydrogen) atoms. The fraction of sp³-hybridized carbons (Fsp3) is 0.455. The lowest BCUT2D eigenvalue weighted by atomic mass is 10.1. The van der Waals surface area contributed by atoms with Crippen LogP contribution in [0.5, 0.6) is 0 Å². The summed E-state index contributed by atoms with van der Waals surface area (Å²) in [4.78, 5) is 0. The van der Waals surface area contributed by atoms with Crippen molar-refractivity contribution >= 4 is 11.6 Å². The molecule has 3 heteroatoms. The van der Waals surface area contributed by atoms with Crippen LogP contribution < -0.4 is 5.32 Å². The zero-order chi connectivity index (χ0) is 9.97. The van der Waals surface area contributed by atoms with Gasteiger partial charge in [-0.3, -0.25) is 0 Å². The summed E-state index contributed by atoms with van der Waals surface area (Å²) in [5, 5.41) is 4.26. The van der Waals surface area contributed by atoms with Crippen molar-refractivity contribution in [2.75, 3.05) is 13.2 Å². The maximum absolute atomic E-state index is 5.93. The molecule has 2 rings (SSSR count). The average molecular weight is 212 g/mol. The molecule has 1 aliphatic rings. The van der Waals surface area contributed by atoms with Gasteiger partial charge in [-0.2, -0.15) is 0 Å². The molecule has 1 N–H and O–H groups in total. The first-order valence-electron chi connectivity index (χ1n) is 4.85. The van der Waals surface area contributed by atoms with Gasteiger partial charge in [0.2, 0.25) is 0 Å². The summed E-state index contributed by atoms with van der Waals surface area (Å²) in [6.45, 7) is 3.64. The van der Waals surface area contributed by atoms with Crippen LogP contribution in [0.1, 0.15) is 18.5 Å². The van der Waals surface area contributed by atoms with Crippen LogP contribution in [-0.4, -0.2) is 19.3 Å². The number of hydrogen-bond donors (Lipinski definition) is 1. The minimum absolute atomic E-state index is 0.275. The summed E-state index contributed by atoms with van der Waals surface area (Å²) < 4.78 is 5.48. The van der Waals surface area contributed by atoms with E-state index < -0.39 is 0 Å². The minimum atomic E-state index is 0.275. The van der Waals surface area contributed by atoms with Crippen LogP contribution >= 0.6 is 11.6 Å². The van der Waals surface area contributed by atoms with Crippen molar-refractivity contribution in [3.63, 3.8) is 0 Å². The first-order valence-corrected chi connectivity index (χ1v) is 5.23. The van der Waals surface area contributed by atoms with Gasteiger partial charge in [-0.1, -0.05) is 23.7 Å². The normalized spacial score (nSPS) is 27.6. The molecule has 0 saturated carbocycles. The van der Waals surface area contributed by atoms with Crippen LogP contribution in [0.3, 0.4) is 0 Å². The predicted octanol–water partition coefficient (Wildman–Crippen LogP) is 2.39. The van der Waals surface area contributed by atoms with Gasteiger partial charge in [0.1, 0.15) is 0 Å². The third kappa shape index (κ3) is 2.27. The van der Waals surface area contributed by atoms with Crippen LogP contribution in [0.4, 0.5) is 0 Å². The van der Waals surface area contributed by atoms with Gasteiger partial charge in [0.25, 0.3) is 0 Å². The van der Waals surface area contributed by atoms with Crippen LogP contribution in [0.2, 0.25) is 5.02 Å². The average Bonchev–Trinajstić information content (AvgIpc) is 2.18. The number of nitrogens with one attached hydrogen (secondary N) is 1. The summed E-state index contributed by atoms with van der Waals surface area (Å²) in [5.74, 6) is 0. The Hall–Kier alpha value is -0.570. The molecule has 0 bridgehead atoms. The van der Waals surface area contributed by atoms with Gasteiger partial charge < -0.3 is 10.1 Å². The van der Waals surface area contributed by atoms with Gasteiger partial charge in [0, 0.05) is 11.1 Å². The van der Waals surface area contributed by atoms with Crippen molar-refractivity contribution in [2.45, 2.75) is 19.0 Å². The highest BCUT2D eigenvalue weighted by molar-refractivity contribution is 6.30. The SMILES string of the molecule is CC1COCC(c2cccc(Cl)c2)N1. The molecule has 0 amide bonds. The quantitative estimate of drug-likeness (QED) is 0.770. The summed E-state index contributed by atoms with van der Waals surface area (Å²) in [6, 6.07) is 8.60. The maximum Gasteiger partial charge on any atom is 0.0662 e. The Kier molecular flexibility index (Phi) is 3.06. The smallest absolute Gasteiger partial charge is 0.0662 e. The zero-order valence-electron chi connectivity index (χ0n) is 8.16. The van der Waals surface area contributed by atoms with Crippen molar-refractivity contribution in [3.8, 4) is 0 Å². The molecule has 1 aliphatic heterocycles. The van der Waals surface area contributed by atoms with Crippen LogP contribution in [-0.2, 0) is 4.74 Å².